The van der Waals surface area contributed by atoms with Gasteiger partial charge in [-0.2, -0.15) is 0 Å². The van der Waals surface area contributed by atoms with Gasteiger partial charge in [0.2, 0.25) is 0 Å². The predicted molar refractivity (Wildman–Crippen MR) is 72.1 cm³/mol. The Labute approximate surface area is 118 Å². The molecule has 3 aromatic rings. The third kappa shape index (κ3) is 2.31. The summed E-state index contributed by atoms with van der Waals surface area (Å²) in [5.41, 5.74) is 1.06. The Hall–Kier alpha value is -2.89. The summed E-state index contributed by atoms with van der Waals surface area (Å²) in [6.45, 7) is 0. The van der Waals surface area contributed by atoms with Crippen molar-refractivity contribution < 1.29 is 13.6 Å². The number of para-hydroxylation sites is 1. The van der Waals surface area contributed by atoms with Gasteiger partial charge < -0.3 is 0 Å². The van der Waals surface area contributed by atoms with Crippen molar-refractivity contribution in [3.05, 3.63) is 65.9 Å². The van der Waals surface area contributed by atoms with Crippen molar-refractivity contribution in [2.45, 2.75) is 0 Å². The third-order valence-corrected chi connectivity index (χ3v) is 3.01. The molecule has 0 aliphatic carbocycles. The zero-order chi connectivity index (χ0) is 14.8. The zero-order valence-electron chi connectivity index (χ0n) is 10.7. The van der Waals surface area contributed by atoms with E-state index in [1.807, 2.05) is 0 Å². The highest BCUT2D eigenvalue weighted by atomic mass is 19.1. The van der Waals surface area contributed by atoms with Crippen molar-refractivity contribution >= 4 is 6.29 Å². The maximum atomic E-state index is 13.9. The van der Waals surface area contributed by atoms with E-state index >= 15 is 0 Å². The summed E-state index contributed by atoms with van der Waals surface area (Å²) in [7, 11) is 0. The summed E-state index contributed by atoms with van der Waals surface area (Å²) in [5, 5.41) is 7.55. The van der Waals surface area contributed by atoms with E-state index in [1.165, 1.54) is 41.1 Å². The second-order valence-electron chi connectivity index (χ2n) is 4.31. The van der Waals surface area contributed by atoms with Crippen LogP contribution in [0.15, 0.2) is 48.5 Å². The molecular weight excluding hydrogens is 276 g/mol. The number of aromatic nitrogens is 3. The van der Waals surface area contributed by atoms with Gasteiger partial charge in [-0.3, -0.25) is 4.79 Å². The molecule has 0 aliphatic heterocycles. The molecule has 6 heteroatoms. The number of nitrogens with zero attached hydrogens (tertiary/aromatic N) is 3. The maximum absolute atomic E-state index is 13.9. The molecule has 0 bridgehead atoms. The summed E-state index contributed by atoms with van der Waals surface area (Å²) < 4.78 is 28.2. The van der Waals surface area contributed by atoms with Crippen LogP contribution in [0.25, 0.3) is 16.9 Å². The summed E-state index contributed by atoms with van der Waals surface area (Å²) in [6, 6.07) is 11.5. The lowest BCUT2D eigenvalue weighted by atomic mass is 10.1. The van der Waals surface area contributed by atoms with E-state index in [1.54, 1.807) is 12.1 Å². The van der Waals surface area contributed by atoms with Crippen molar-refractivity contribution in [2.24, 2.45) is 0 Å². The minimum absolute atomic E-state index is 0.0601. The monoisotopic (exact) mass is 285 g/mol. The number of carbonyl (C=O) groups is 1. The second kappa shape index (κ2) is 5.24. The van der Waals surface area contributed by atoms with Crippen molar-refractivity contribution in [1.29, 1.82) is 0 Å². The lowest BCUT2D eigenvalue weighted by Gasteiger charge is -2.07. The van der Waals surface area contributed by atoms with Gasteiger partial charge in [0.15, 0.2) is 12.0 Å². The Morgan fingerprint density at radius 3 is 2.38 bits per heavy atom. The quantitative estimate of drug-likeness (QED) is 0.695. The number of aldehydes is 1. The molecule has 104 valence electrons. The Morgan fingerprint density at radius 1 is 1.00 bits per heavy atom. The first-order chi connectivity index (χ1) is 10.2. The Kier molecular flexibility index (Phi) is 3.27. The molecule has 0 aliphatic rings. The molecule has 3 rings (SSSR count). The molecule has 0 radical (unpaired) electrons. The van der Waals surface area contributed by atoms with Crippen LogP contribution in [0.4, 0.5) is 8.78 Å². The molecule has 0 unspecified atom stereocenters. The molecule has 1 aromatic heterocycles. The fraction of sp³-hybridized carbons (Fsp3) is 0. The average Bonchev–Trinajstić information content (AvgIpc) is 2.92. The molecular formula is C15H9F2N3O. The molecule has 0 saturated heterocycles. The minimum Gasteiger partial charge on any atom is -0.296 e. The van der Waals surface area contributed by atoms with Crippen molar-refractivity contribution in [3.8, 4) is 16.9 Å². The van der Waals surface area contributed by atoms with Gasteiger partial charge in [0.1, 0.15) is 23.0 Å². The highest BCUT2D eigenvalue weighted by molar-refractivity contribution is 5.83. The molecule has 0 amide bonds. The summed E-state index contributed by atoms with van der Waals surface area (Å²) in [4.78, 5) is 11.1. The van der Waals surface area contributed by atoms with E-state index in [0.29, 0.717) is 17.5 Å². The van der Waals surface area contributed by atoms with Gasteiger partial charge >= 0.3 is 0 Å². The number of benzene rings is 2. The van der Waals surface area contributed by atoms with Crippen molar-refractivity contribution in [1.82, 2.24) is 15.0 Å². The van der Waals surface area contributed by atoms with Crippen LogP contribution < -0.4 is 0 Å². The van der Waals surface area contributed by atoms with E-state index in [4.69, 9.17) is 0 Å². The Balaban J connectivity index is 2.24. The third-order valence-electron chi connectivity index (χ3n) is 3.01. The molecule has 0 saturated carbocycles. The Morgan fingerprint density at radius 2 is 1.71 bits per heavy atom. The van der Waals surface area contributed by atoms with Crippen molar-refractivity contribution in [2.75, 3.05) is 0 Å². The first-order valence-electron chi connectivity index (χ1n) is 6.12. The number of hydrogen-bond donors (Lipinski definition) is 0. The first kappa shape index (κ1) is 13.1. The highest BCUT2D eigenvalue weighted by Crippen LogP contribution is 2.25. The van der Waals surface area contributed by atoms with E-state index in [2.05, 4.69) is 10.3 Å². The molecule has 0 spiro atoms. The minimum atomic E-state index is -0.497. The normalized spacial score (nSPS) is 10.6. The number of rotatable bonds is 3. The van der Waals surface area contributed by atoms with Gasteiger partial charge in [-0.15, -0.1) is 5.10 Å². The second-order valence-corrected chi connectivity index (χ2v) is 4.31. The smallest absolute Gasteiger partial charge is 0.172 e. The van der Waals surface area contributed by atoms with Gasteiger partial charge in [0.25, 0.3) is 0 Å². The van der Waals surface area contributed by atoms with Gasteiger partial charge in [-0.25, -0.2) is 13.5 Å². The van der Waals surface area contributed by atoms with Gasteiger partial charge in [0.05, 0.1) is 0 Å². The van der Waals surface area contributed by atoms with Crippen LogP contribution in [0.2, 0.25) is 0 Å². The maximum Gasteiger partial charge on any atom is 0.172 e. The van der Waals surface area contributed by atoms with Crippen LogP contribution in [0.3, 0.4) is 0 Å². The Bertz CT molecular complexity index is 797. The summed E-state index contributed by atoms with van der Waals surface area (Å²) in [5.74, 6) is -0.903. The SMILES string of the molecule is O=Cc1nnn(-c2ccccc2F)c1-c1ccc(F)cc1. The predicted octanol–water partition coefficient (Wildman–Crippen LogP) is 3.03. The molecule has 2 aromatic carbocycles. The van der Waals surface area contributed by atoms with Gasteiger partial charge in [0, 0.05) is 5.56 Å². The lowest BCUT2D eigenvalue weighted by molar-refractivity contribution is 0.111. The lowest BCUT2D eigenvalue weighted by Crippen LogP contribution is -2.02. The fourth-order valence-electron chi connectivity index (χ4n) is 2.04. The molecule has 1 heterocycles. The fourth-order valence-corrected chi connectivity index (χ4v) is 2.04. The van der Waals surface area contributed by atoms with E-state index < -0.39 is 11.6 Å². The number of halogens is 2. The number of carbonyl (C=O) groups excluding carboxylic acids is 1. The molecule has 0 fully saturated rings. The molecule has 0 atom stereocenters. The zero-order valence-corrected chi connectivity index (χ0v) is 10.7. The summed E-state index contributed by atoms with van der Waals surface area (Å²) in [6.07, 6.45) is 0.531. The van der Waals surface area contributed by atoms with Crippen LogP contribution in [0.5, 0.6) is 0 Å². The van der Waals surface area contributed by atoms with E-state index in [9.17, 15) is 13.6 Å². The topological polar surface area (TPSA) is 47.8 Å². The van der Waals surface area contributed by atoms with E-state index in [-0.39, 0.29) is 11.4 Å². The average molecular weight is 285 g/mol. The summed E-state index contributed by atoms with van der Waals surface area (Å²) >= 11 is 0. The van der Waals surface area contributed by atoms with E-state index in [0.717, 1.165) is 0 Å². The standard InChI is InChI=1S/C15H9F2N3O/c16-11-7-5-10(6-8-11)15-13(9-21)18-19-20(15)14-4-2-1-3-12(14)17/h1-9H. The molecule has 4 nitrogen and oxygen atoms in total. The van der Waals surface area contributed by atoms with Crippen LogP contribution in [-0.2, 0) is 0 Å². The van der Waals surface area contributed by atoms with Gasteiger partial charge in [-0.1, -0.05) is 17.3 Å². The first-order valence-corrected chi connectivity index (χ1v) is 6.12. The largest absolute Gasteiger partial charge is 0.296 e. The highest BCUT2D eigenvalue weighted by Gasteiger charge is 2.17. The number of hydrogen-bond acceptors (Lipinski definition) is 3. The molecule has 21 heavy (non-hydrogen) atoms. The van der Waals surface area contributed by atoms with Crippen LogP contribution >= 0.6 is 0 Å². The van der Waals surface area contributed by atoms with Crippen LogP contribution in [-0.4, -0.2) is 21.3 Å². The molecule has 0 N–H and O–H groups in total. The van der Waals surface area contributed by atoms with Crippen LogP contribution in [0.1, 0.15) is 10.5 Å². The van der Waals surface area contributed by atoms with Crippen LogP contribution in [0, 0.1) is 11.6 Å². The van der Waals surface area contributed by atoms with Gasteiger partial charge in [-0.05, 0) is 36.4 Å². The van der Waals surface area contributed by atoms with Crippen molar-refractivity contribution in [3.63, 3.8) is 0 Å².